The second-order valence-corrected chi connectivity index (χ2v) is 9.51. The monoisotopic (exact) mass is 527 g/mol. The number of rotatable bonds is 7. The molecule has 10 heteroatoms. The van der Waals surface area contributed by atoms with Gasteiger partial charge >= 0.3 is 0 Å². The van der Waals surface area contributed by atoms with Crippen LogP contribution in [0.4, 0.5) is 5.69 Å². The molecule has 1 aromatic rings. The largest absolute Gasteiger partial charge is 0.495 e. The highest BCUT2D eigenvalue weighted by Gasteiger charge is 2.26. The third kappa shape index (κ3) is 5.97. The average Bonchev–Trinajstić information content (AvgIpc) is 2.62. The van der Waals surface area contributed by atoms with Crippen molar-refractivity contribution < 1.29 is 17.9 Å². The van der Waals surface area contributed by atoms with Crippen molar-refractivity contribution in [1.82, 2.24) is 9.62 Å². The predicted octanol–water partition coefficient (Wildman–Crippen LogP) is 2.44. The van der Waals surface area contributed by atoms with E-state index in [1.165, 1.54) is 0 Å². The summed E-state index contributed by atoms with van der Waals surface area (Å²) in [5, 5.41) is 1.43. The normalized spacial score (nSPS) is 15.5. The summed E-state index contributed by atoms with van der Waals surface area (Å²) in [5.41, 5.74) is 0.860. The van der Waals surface area contributed by atoms with Crippen LogP contribution in [0.5, 0.6) is 5.75 Å². The molecule has 1 fully saturated rings. The van der Waals surface area contributed by atoms with Gasteiger partial charge in [0.15, 0.2) is 0 Å². The fraction of sp³-hybridized carbons (Fsp3) is 0.471. The molecule has 1 saturated heterocycles. The Morgan fingerprint density at radius 3 is 2.67 bits per heavy atom. The maximum absolute atomic E-state index is 12.6. The molecular formula is C17H23ClIN3O4S. The second-order valence-electron chi connectivity index (χ2n) is 6.28. The summed E-state index contributed by atoms with van der Waals surface area (Å²) in [6, 6.07) is 3.44. The number of likely N-dealkylation sites (N-methyl/N-ethyl adjacent to an activating group) is 1. The number of carbonyl (C=O) groups is 1. The van der Waals surface area contributed by atoms with Gasteiger partial charge < -0.3 is 14.5 Å². The Morgan fingerprint density at radius 2 is 2.11 bits per heavy atom. The molecule has 1 aliphatic heterocycles. The van der Waals surface area contributed by atoms with Gasteiger partial charge in [0, 0.05) is 41.2 Å². The number of likely N-dealkylation sites (tertiary alicyclic amines) is 1. The number of hydrogen-bond donors (Lipinski definition) is 1. The van der Waals surface area contributed by atoms with Crippen LogP contribution in [0.3, 0.4) is 0 Å². The maximum Gasteiger partial charge on any atom is 0.242 e. The van der Waals surface area contributed by atoms with E-state index >= 15 is 0 Å². The lowest BCUT2D eigenvalue weighted by Gasteiger charge is -2.33. The van der Waals surface area contributed by atoms with Gasteiger partial charge in [0.1, 0.15) is 5.75 Å². The molecule has 0 atom stereocenters. The molecule has 0 radical (unpaired) electrons. The Hall–Kier alpha value is -1.04. The highest BCUT2D eigenvalue weighted by atomic mass is 127. The molecule has 2 rings (SSSR count). The smallest absolute Gasteiger partial charge is 0.242 e. The van der Waals surface area contributed by atoms with Crippen molar-refractivity contribution in [2.24, 2.45) is 0 Å². The van der Waals surface area contributed by atoms with Gasteiger partial charge in [0.05, 0.1) is 24.4 Å². The Labute approximate surface area is 178 Å². The number of piperidine rings is 1. The Bertz CT molecular complexity index is 811. The van der Waals surface area contributed by atoms with Crippen LogP contribution in [0.1, 0.15) is 12.8 Å². The molecule has 1 N–H and O–H groups in total. The first-order valence-corrected chi connectivity index (χ1v) is 11.3. The summed E-state index contributed by atoms with van der Waals surface area (Å²) in [6.45, 7) is 4.53. The van der Waals surface area contributed by atoms with Crippen molar-refractivity contribution >= 4 is 55.8 Å². The van der Waals surface area contributed by atoms with Crippen LogP contribution >= 0.6 is 34.2 Å². The summed E-state index contributed by atoms with van der Waals surface area (Å²) < 4.78 is 31.9. The minimum absolute atomic E-state index is 0.00718. The van der Waals surface area contributed by atoms with Gasteiger partial charge in [-0.3, -0.25) is 4.79 Å². The number of sulfonamides is 1. The van der Waals surface area contributed by atoms with Crippen LogP contribution in [-0.2, 0) is 14.8 Å². The van der Waals surface area contributed by atoms with Crippen LogP contribution in [-0.4, -0.2) is 59.1 Å². The first kappa shape index (κ1) is 22.3. The predicted molar refractivity (Wildman–Crippen MR) is 116 cm³/mol. The van der Waals surface area contributed by atoms with E-state index in [-0.39, 0.29) is 18.5 Å². The van der Waals surface area contributed by atoms with E-state index in [1.807, 2.05) is 18.0 Å². The minimum Gasteiger partial charge on any atom is -0.495 e. The van der Waals surface area contributed by atoms with Crippen LogP contribution in [0.25, 0.3) is 0 Å². The Morgan fingerprint density at radius 1 is 1.48 bits per heavy atom. The Kier molecular flexibility index (Phi) is 7.78. The van der Waals surface area contributed by atoms with Crippen molar-refractivity contribution in [1.29, 1.82) is 0 Å². The molecule has 1 heterocycles. The highest BCUT2D eigenvalue weighted by Crippen LogP contribution is 2.33. The van der Waals surface area contributed by atoms with Gasteiger partial charge in [-0.1, -0.05) is 18.2 Å². The number of nitrogens with zero attached hydrogens (tertiary/aromatic N) is 2. The highest BCUT2D eigenvalue weighted by molar-refractivity contribution is 14.1. The van der Waals surface area contributed by atoms with Gasteiger partial charge in [-0.25, -0.2) is 13.1 Å². The number of halogens is 2. The van der Waals surface area contributed by atoms with Gasteiger partial charge in [0.2, 0.25) is 15.9 Å². The molecule has 1 aliphatic rings. The summed E-state index contributed by atoms with van der Waals surface area (Å²) >= 11 is 8.30. The van der Waals surface area contributed by atoms with Crippen molar-refractivity contribution in [3.63, 3.8) is 0 Å². The van der Waals surface area contributed by atoms with E-state index in [1.54, 1.807) is 18.1 Å². The Balaban J connectivity index is 1.95. The zero-order valence-electron chi connectivity index (χ0n) is 15.2. The molecule has 1 aromatic carbocycles. The number of ether oxygens (including phenoxy) is 1. The lowest BCUT2D eigenvalue weighted by molar-refractivity contribution is -0.130. The number of methoxy groups -OCH3 is 1. The zero-order valence-corrected chi connectivity index (χ0v) is 19.0. The zero-order chi connectivity index (χ0) is 20.2. The van der Waals surface area contributed by atoms with Crippen LogP contribution < -0.4 is 14.4 Å². The molecule has 27 heavy (non-hydrogen) atoms. The van der Waals surface area contributed by atoms with Crippen molar-refractivity contribution in [3.05, 3.63) is 32.7 Å². The van der Waals surface area contributed by atoms with Gasteiger partial charge in [-0.15, -0.1) is 0 Å². The van der Waals surface area contributed by atoms with Crippen molar-refractivity contribution in [3.8, 4) is 5.75 Å². The van der Waals surface area contributed by atoms with E-state index in [0.717, 1.165) is 14.7 Å². The molecule has 0 saturated carbocycles. The second kappa shape index (κ2) is 9.44. The average molecular weight is 528 g/mol. The molecule has 0 unspecified atom stereocenters. The molecule has 0 spiro atoms. The molecule has 150 valence electrons. The molecule has 1 amide bonds. The van der Waals surface area contributed by atoms with Gasteiger partial charge in [0.25, 0.3) is 0 Å². The minimum atomic E-state index is -3.45. The topological polar surface area (TPSA) is 79.0 Å². The summed E-state index contributed by atoms with van der Waals surface area (Å²) in [7, 11) is -0.0577. The molecule has 0 aliphatic carbocycles. The first-order chi connectivity index (χ1) is 12.7. The van der Waals surface area contributed by atoms with Crippen LogP contribution in [0.2, 0.25) is 5.02 Å². The molecular weight excluding hydrogens is 505 g/mol. The fourth-order valence-corrected chi connectivity index (χ4v) is 4.98. The van der Waals surface area contributed by atoms with Gasteiger partial charge in [-0.2, -0.15) is 0 Å². The van der Waals surface area contributed by atoms with Crippen molar-refractivity contribution in [2.45, 2.75) is 18.9 Å². The summed E-state index contributed by atoms with van der Waals surface area (Å²) in [5.74, 6) is 0.550. The lowest BCUT2D eigenvalue weighted by Crippen LogP contribution is -2.48. The number of anilines is 1. The van der Waals surface area contributed by atoms with E-state index in [4.69, 9.17) is 16.3 Å². The van der Waals surface area contributed by atoms with E-state index in [9.17, 15) is 13.2 Å². The number of hydrogen-bond acceptors (Lipinski definition) is 5. The standard InChI is InChI=1S/C17H23ClIN3O4S/c1-4-27(24,25)20-12-5-7-22(8-6-12)17(23)11-21(2)15-10-16(26-3)13(18)9-14(15)19/h4,9-10,12,20H,1,5-8,11H2,2-3H3. The van der Waals surface area contributed by atoms with E-state index in [2.05, 4.69) is 33.9 Å². The molecule has 7 nitrogen and oxygen atoms in total. The third-order valence-corrected chi connectivity index (χ3v) is 6.66. The summed E-state index contributed by atoms with van der Waals surface area (Å²) in [4.78, 5) is 16.2. The van der Waals surface area contributed by atoms with Gasteiger partial charge in [-0.05, 0) is 41.5 Å². The molecule has 0 bridgehead atoms. The van der Waals surface area contributed by atoms with E-state index in [0.29, 0.717) is 36.7 Å². The number of nitrogens with one attached hydrogen (secondary N) is 1. The van der Waals surface area contributed by atoms with E-state index < -0.39 is 10.0 Å². The SMILES string of the molecule is C=CS(=O)(=O)NC1CCN(C(=O)CN(C)c2cc(OC)c(Cl)cc2I)CC1. The maximum atomic E-state index is 12.6. The number of benzene rings is 1. The first-order valence-electron chi connectivity index (χ1n) is 8.33. The van der Waals surface area contributed by atoms with Crippen LogP contribution in [0, 0.1) is 3.57 Å². The molecule has 0 aromatic heterocycles. The quantitative estimate of drug-likeness (QED) is 0.551. The third-order valence-electron chi connectivity index (χ3n) is 4.40. The van der Waals surface area contributed by atoms with Crippen molar-refractivity contribution in [2.75, 3.05) is 38.7 Å². The summed E-state index contributed by atoms with van der Waals surface area (Å²) in [6.07, 6.45) is 1.16. The fourth-order valence-electron chi connectivity index (χ4n) is 2.88. The number of carbonyl (C=O) groups excluding carboxylic acids is 1. The lowest BCUT2D eigenvalue weighted by atomic mass is 10.1. The number of amides is 1. The van der Waals surface area contributed by atoms with Crippen LogP contribution in [0.15, 0.2) is 24.1 Å².